The minimum Gasteiger partial charge on any atom is -0.460 e. The van der Waals surface area contributed by atoms with Gasteiger partial charge in [-0.3, -0.25) is 33.7 Å². The number of imide groups is 1. The SMILES string of the molecule is CC(C)[C@@H](NC(=O)CN1C(=O)C=CC1=O)C(=O)N[C@H](CCCCNC(N)=O)C(=O)Nc1ccc(COC(=O)C(C)(C)S)cc1. The Morgan fingerprint density at radius 3 is 2.11 bits per heavy atom. The highest BCUT2D eigenvalue weighted by Crippen LogP contribution is 2.17. The number of primary amides is 1. The molecule has 1 aromatic rings. The van der Waals surface area contributed by atoms with Crippen LogP contribution in [0, 0.1) is 5.92 Å². The van der Waals surface area contributed by atoms with E-state index in [4.69, 9.17) is 10.5 Å². The van der Waals surface area contributed by atoms with Crippen molar-refractivity contribution in [3.05, 3.63) is 42.0 Å². The van der Waals surface area contributed by atoms with E-state index in [1.165, 1.54) is 0 Å². The number of nitrogens with zero attached hydrogens (tertiary/aromatic N) is 1. The van der Waals surface area contributed by atoms with Gasteiger partial charge in [0.25, 0.3) is 11.8 Å². The number of anilines is 1. The fraction of sp³-hybridized carbons (Fsp3) is 0.483. The molecule has 2 atom stereocenters. The molecule has 0 bridgehead atoms. The molecule has 0 radical (unpaired) electrons. The van der Waals surface area contributed by atoms with E-state index >= 15 is 0 Å². The van der Waals surface area contributed by atoms with Gasteiger partial charge in [0, 0.05) is 24.4 Å². The molecule has 15 heteroatoms. The van der Waals surface area contributed by atoms with Gasteiger partial charge >= 0.3 is 12.0 Å². The summed E-state index contributed by atoms with van der Waals surface area (Å²) in [7, 11) is 0. The molecule has 1 aliphatic heterocycles. The fourth-order valence-electron chi connectivity index (χ4n) is 3.94. The van der Waals surface area contributed by atoms with Gasteiger partial charge in [0.1, 0.15) is 30.0 Å². The molecule has 0 spiro atoms. The van der Waals surface area contributed by atoms with E-state index in [2.05, 4.69) is 33.9 Å². The largest absolute Gasteiger partial charge is 0.460 e. The van der Waals surface area contributed by atoms with E-state index in [0.717, 1.165) is 17.1 Å². The third-order valence-electron chi connectivity index (χ3n) is 6.41. The maximum absolute atomic E-state index is 13.3. The van der Waals surface area contributed by atoms with Crippen LogP contribution < -0.4 is 27.0 Å². The van der Waals surface area contributed by atoms with Gasteiger partial charge in [-0.1, -0.05) is 26.0 Å². The van der Waals surface area contributed by atoms with Gasteiger partial charge in [0.15, 0.2) is 0 Å². The highest BCUT2D eigenvalue weighted by Gasteiger charge is 2.31. The molecule has 6 N–H and O–H groups in total. The summed E-state index contributed by atoms with van der Waals surface area (Å²) in [5.74, 6) is -4.01. The van der Waals surface area contributed by atoms with Gasteiger partial charge < -0.3 is 31.7 Å². The van der Waals surface area contributed by atoms with Gasteiger partial charge in [-0.05, 0) is 56.7 Å². The monoisotopic (exact) mass is 632 g/mol. The maximum Gasteiger partial charge on any atom is 0.321 e. The van der Waals surface area contributed by atoms with Crippen LogP contribution in [0.4, 0.5) is 10.5 Å². The van der Waals surface area contributed by atoms with Crippen molar-refractivity contribution in [2.75, 3.05) is 18.4 Å². The van der Waals surface area contributed by atoms with Gasteiger partial charge in [-0.15, -0.1) is 0 Å². The molecular formula is C29H40N6O8S. The summed E-state index contributed by atoms with van der Waals surface area (Å²) in [6, 6.07) is 3.83. The molecule has 44 heavy (non-hydrogen) atoms. The van der Waals surface area contributed by atoms with Crippen LogP contribution in [0.1, 0.15) is 52.5 Å². The number of nitrogens with one attached hydrogen (secondary N) is 4. The molecule has 0 aromatic heterocycles. The highest BCUT2D eigenvalue weighted by molar-refractivity contribution is 7.82. The van der Waals surface area contributed by atoms with Crippen molar-refractivity contribution < 1.29 is 38.3 Å². The van der Waals surface area contributed by atoms with Crippen LogP contribution in [-0.4, -0.2) is 76.4 Å². The molecule has 1 aliphatic rings. The lowest BCUT2D eigenvalue weighted by Gasteiger charge is -2.26. The molecule has 0 aliphatic carbocycles. The minimum atomic E-state index is -1.07. The minimum absolute atomic E-state index is 0.0218. The number of amides is 7. The predicted molar refractivity (Wildman–Crippen MR) is 164 cm³/mol. The van der Waals surface area contributed by atoms with E-state index in [1.54, 1.807) is 52.0 Å². The summed E-state index contributed by atoms with van der Waals surface area (Å²) < 4.78 is 4.30. The molecule has 2 rings (SSSR count). The zero-order valence-corrected chi connectivity index (χ0v) is 26.1. The molecule has 1 aromatic carbocycles. The number of ether oxygens (including phenoxy) is 1. The first-order chi connectivity index (χ1) is 20.6. The van der Waals surface area contributed by atoms with Gasteiger partial charge in [0.05, 0.1) is 0 Å². The van der Waals surface area contributed by atoms with Crippen LogP contribution in [0.2, 0.25) is 0 Å². The number of unbranched alkanes of at least 4 members (excludes halogenated alkanes) is 1. The summed E-state index contributed by atoms with van der Waals surface area (Å²) in [4.78, 5) is 86.4. The quantitative estimate of drug-likeness (QED) is 0.0663. The van der Waals surface area contributed by atoms with Crippen molar-refractivity contribution in [1.82, 2.24) is 20.9 Å². The molecule has 0 unspecified atom stereocenters. The van der Waals surface area contributed by atoms with Crippen molar-refractivity contribution in [3.8, 4) is 0 Å². The second-order valence-corrected chi connectivity index (χ2v) is 12.2. The van der Waals surface area contributed by atoms with E-state index in [0.29, 0.717) is 24.1 Å². The Balaban J connectivity index is 2.07. The Bertz CT molecular complexity index is 1260. The van der Waals surface area contributed by atoms with Crippen LogP contribution in [0.5, 0.6) is 0 Å². The molecular weight excluding hydrogens is 592 g/mol. The molecule has 0 saturated carbocycles. The number of carbonyl (C=O) groups excluding carboxylic acids is 7. The smallest absolute Gasteiger partial charge is 0.321 e. The van der Waals surface area contributed by atoms with Crippen molar-refractivity contribution in [1.29, 1.82) is 0 Å². The Labute approximate surface area is 261 Å². The van der Waals surface area contributed by atoms with Gasteiger partial charge in [-0.2, -0.15) is 12.6 Å². The second-order valence-electron chi connectivity index (χ2n) is 11.1. The van der Waals surface area contributed by atoms with Gasteiger partial charge in [0.2, 0.25) is 17.7 Å². The maximum atomic E-state index is 13.3. The summed E-state index contributed by atoms with van der Waals surface area (Å²) in [5, 5.41) is 10.4. The average Bonchev–Trinajstić information content (AvgIpc) is 3.25. The van der Waals surface area contributed by atoms with Crippen LogP contribution in [0.15, 0.2) is 36.4 Å². The standard InChI is InChI=1S/C29H40N6O8S/c1-17(2)24(34-21(36)15-35-22(37)12-13-23(35)38)26(40)33-20(7-5-6-14-31-28(30)42)25(39)32-19-10-8-18(9-11-19)16-43-27(41)29(3,4)44/h8-13,17,20,24,44H,5-7,14-16H2,1-4H3,(H,32,39)(H,33,40)(H,34,36)(H3,30,31,42)/t20-,24-/m1/s1. The van der Waals surface area contributed by atoms with Gasteiger partial charge in [-0.25, -0.2) is 4.79 Å². The first-order valence-corrected chi connectivity index (χ1v) is 14.5. The Kier molecular flexibility index (Phi) is 13.4. The summed E-state index contributed by atoms with van der Waals surface area (Å²) >= 11 is 4.18. The van der Waals surface area contributed by atoms with Crippen LogP contribution >= 0.6 is 12.6 Å². The third-order valence-corrected chi connectivity index (χ3v) is 6.59. The molecule has 1 heterocycles. The average molecular weight is 633 g/mol. The lowest BCUT2D eigenvalue weighted by Crippen LogP contribution is -2.56. The molecule has 14 nitrogen and oxygen atoms in total. The van der Waals surface area contributed by atoms with Crippen LogP contribution in [0.25, 0.3) is 0 Å². The van der Waals surface area contributed by atoms with Crippen molar-refractivity contribution in [2.45, 2.75) is 70.4 Å². The van der Waals surface area contributed by atoms with Crippen LogP contribution in [-0.2, 0) is 40.1 Å². The summed E-state index contributed by atoms with van der Waals surface area (Å²) in [6.45, 7) is 6.37. The number of hydrogen-bond acceptors (Lipinski definition) is 9. The first kappa shape index (κ1) is 35.8. The predicted octanol–water partition coefficient (Wildman–Crippen LogP) is 0.766. The second kappa shape index (κ2) is 16.4. The Morgan fingerprint density at radius 2 is 1.57 bits per heavy atom. The third kappa shape index (κ3) is 11.7. The molecule has 0 fully saturated rings. The first-order valence-electron chi connectivity index (χ1n) is 14.0. The number of carbonyl (C=O) groups is 7. The topological polar surface area (TPSA) is 206 Å². The van der Waals surface area contributed by atoms with E-state index < -0.39 is 70.8 Å². The lowest BCUT2D eigenvalue weighted by molar-refractivity contribution is -0.147. The fourth-order valence-corrected chi connectivity index (χ4v) is 4.00. The van der Waals surface area contributed by atoms with E-state index in [1.807, 2.05) is 0 Å². The molecule has 7 amide bonds. The van der Waals surface area contributed by atoms with Crippen LogP contribution in [0.3, 0.4) is 0 Å². The zero-order valence-electron chi connectivity index (χ0n) is 25.2. The summed E-state index contributed by atoms with van der Waals surface area (Å²) in [6.07, 6.45) is 3.23. The number of benzene rings is 1. The number of rotatable bonds is 16. The Hall–Kier alpha value is -4.40. The number of hydrogen-bond donors (Lipinski definition) is 6. The lowest BCUT2D eigenvalue weighted by atomic mass is 10.0. The highest BCUT2D eigenvalue weighted by atomic mass is 32.1. The molecule has 0 saturated heterocycles. The van der Waals surface area contributed by atoms with E-state index in [-0.39, 0.29) is 19.6 Å². The zero-order chi connectivity index (χ0) is 33.0. The Morgan fingerprint density at radius 1 is 0.955 bits per heavy atom. The molecule has 240 valence electrons. The number of esters is 1. The van der Waals surface area contributed by atoms with Crippen molar-refractivity contribution in [2.24, 2.45) is 11.7 Å². The number of nitrogens with two attached hydrogens (primary N) is 1. The summed E-state index contributed by atoms with van der Waals surface area (Å²) in [5.41, 5.74) is 6.20. The number of urea groups is 1. The van der Waals surface area contributed by atoms with Crippen molar-refractivity contribution >= 4 is 59.9 Å². The normalized spacial score (nSPS) is 14.2. The van der Waals surface area contributed by atoms with Crippen molar-refractivity contribution in [3.63, 3.8) is 0 Å². The number of thiol groups is 1. The van der Waals surface area contributed by atoms with E-state index in [9.17, 15) is 33.6 Å².